The van der Waals surface area contributed by atoms with Crippen LogP contribution in [0.4, 0.5) is 5.69 Å². The summed E-state index contributed by atoms with van der Waals surface area (Å²) in [7, 11) is 0. The molecule has 2 aliphatic rings. The maximum Gasteiger partial charge on any atom is 0.228 e. The maximum absolute atomic E-state index is 13.2. The highest BCUT2D eigenvalue weighted by atomic mass is 16.2. The minimum Gasteiger partial charge on any atom is -0.350 e. The van der Waals surface area contributed by atoms with Crippen molar-refractivity contribution in [2.24, 2.45) is 23.7 Å². The molecule has 1 aromatic heterocycles. The van der Waals surface area contributed by atoms with E-state index < -0.39 is 0 Å². The van der Waals surface area contributed by atoms with E-state index in [0.29, 0.717) is 6.54 Å². The van der Waals surface area contributed by atoms with E-state index in [2.05, 4.69) is 27.8 Å². The second kappa shape index (κ2) is 7.58. The Balaban J connectivity index is 1.49. The lowest BCUT2D eigenvalue weighted by Gasteiger charge is -2.27. The standard InChI is InChI=1S/C23H25N3O2/c1-14-6-5-7-15(2)21(14)26-23(28)20-17-10-9-16(12-17)19(20)22(27)25-13-18-8-3-4-11-24-18/h3-11,16-17,19-20H,12-13H2,1-2H3,(H,25,27)(H,26,28). The summed E-state index contributed by atoms with van der Waals surface area (Å²) in [6.07, 6.45) is 6.77. The summed E-state index contributed by atoms with van der Waals surface area (Å²) in [5.74, 6) is -0.542. The lowest BCUT2D eigenvalue weighted by atomic mass is 9.81. The van der Waals surface area contributed by atoms with Crippen LogP contribution < -0.4 is 10.6 Å². The number of carbonyl (C=O) groups excluding carboxylic acids is 2. The zero-order chi connectivity index (χ0) is 19.7. The van der Waals surface area contributed by atoms with Crippen LogP contribution in [0, 0.1) is 37.5 Å². The van der Waals surface area contributed by atoms with Crippen LogP contribution in [-0.2, 0) is 16.1 Å². The molecule has 2 aromatic rings. The number of rotatable bonds is 5. The van der Waals surface area contributed by atoms with E-state index in [1.807, 2.05) is 50.2 Å². The first-order chi connectivity index (χ1) is 13.5. The number of aromatic nitrogens is 1. The van der Waals surface area contributed by atoms with Gasteiger partial charge in [-0.05, 0) is 55.4 Å². The fraction of sp³-hybridized carbons (Fsp3) is 0.348. The number of amides is 2. The molecule has 28 heavy (non-hydrogen) atoms. The normalized spacial score (nSPS) is 24.9. The van der Waals surface area contributed by atoms with Gasteiger partial charge in [0.2, 0.25) is 11.8 Å². The van der Waals surface area contributed by atoms with Crippen molar-refractivity contribution < 1.29 is 9.59 Å². The van der Waals surface area contributed by atoms with E-state index >= 15 is 0 Å². The molecule has 1 fully saturated rings. The summed E-state index contributed by atoms with van der Waals surface area (Å²) in [4.78, 5) is 30.4. The summed E-state index contributed by atoms with van der Waals surface area (Å²) >= 11 is 0. The molecular weight excluding hydrogens is 350 g/mol. The van der Waals surface area contributed by atoms with Gasteiger partial charge < -0.3 is 10.6 Å². The van der Waals surface area contributed by atoms with Gasteiger partial charge >= 0.3 is 0 Å². The van der Waals surface area contributed by atoms with Gasteiger partial charge in [0.15, 0.2) is 0 Å². The Bertz CT molecular complexity index is 902. The molecule has 2 bridgehead atoms. The van der Waals surface area contributed by atoms with Crippen molar-refractivity contribution in [2.45, 2.75) is 26.8 Å². The van der Waals surface area contributed by atoms with E-state index in [9.17, 15) is 9.59 Å². The van der Waals surface area contributed by atoms with Gasteiger partial charge in [0.05, 0.1) is 24.1 Å². The number of carbonyl (C=O) groups is 2. The molecule has 1 heterocycles. The van der Waals surface area contributed by atoms with Crippen molar-refractivity contribution >= 4 is 17.5 Å². The van der Waals surface area contributed by atoms with Gasteiger partial charge in [-0.25, -0.2) is 0 Å². The third-order valence-corrected chi connectivity index (χ3v) is 5.96. The number of anilines is 1. The van der Waals surface area contributed by atoms with Crippen LogP contribution >= 0.6 is 0 Å². The fourth-order valence-corrected chi connectivity index (χ4v) is 4.55. The second-order valence-electron chi connectivity index (χ2n) is 7.79. The SMILES string of the molecule is Cc1cccc(C)c1NC(=O)C1C2C=CC(C2)C1C(=O)NCc1ccccn1. The van der Waals surface area contributed by atoms with E-state index in [0.717, 1.165) is 28.9 Å². The number of nitrogens with one attached hydrogen (secondary N) is 2. The fourth-order valence-electron chi connectivity index (χ4n) is 4.55. The third kappa shape index (κ3) is 3.44. The molecule has 4 atom stereocenters. The molecule has 5 nitrogen and oxygen atoms in total. The van der Waals surface area contributed by atoms with Gasteiger partial charge in [-0.3, -0.25) is 14.6 Å². The summed E-state index contributed by atoms with van der Waals surface area (Å²) in [5, 5.41) is 6.08. The Labute approximate surface area is 165 Å². The zero-order valence-electron chi connectivity index (χ0n) is 16.2. The highest BCUT2D eigenvalue weighted by molar-refractivity contribution is 5.98. The number of allylic oxidation sites excluding steroid dienone is 2. The number of nitrogens with zero attached hydrogens (tertiary/aromatic N) is 1. The van der Waals surface area contributed by atoms with Crippen LogP contribution in [0.1, 0.15) is 23.2 Å². The number of fused-ring (bicyclic) bond motifs is 2. The van der Waals surface area contributed by atoms with Crippen LogP contribution in [0.15, 0.2) is 54.7 Å². The first-order valence-electron chi connectivity index (χ1n) is 9.77. The summed E-state index contributed by atoms with van der Waals surface area (Å²) in [6.45, 7) is 4.35. The monoisotopic (exact) mass is 375 g/mol. The van der Waals surface area contributed by atoms with Crippen LogP contribution in [0.3, 0.4) is 0 Å². The molecule has 4 unspecified atom stereocenters. The first-order valence-corrected chi connectivity index (χ1v) is 9.77. The predicted octanol–water partition coefficient (Wildman–Crippen LogP) is 3.39. The summed E-state index contributed by atoms with van der Waals surface area (Å²) < 4.78 is 0. The second-order valence-corrected chi connectivity index (χ2v) is 7.79. The van der Waals surface area contributed by atoms with Gasteiger partial charge in [0.25, 0.3) is 0 Å². The van der Waals surface area contributed by atoms with Crippen LogP contribution in [0.2, 0.25) is 0 Å². The first kappa shape index (κ1) is 18.4. The Kier molecular flexibility index (Phi) is 4.99. The number of hydrogen-bond donors (Lipinski definition) is 2. The van der Waals surface area contributed by atoms with Crippen molar-refractivity contribution in [3.05, 3.63) is 71.6 Å². The van der Waals surface area contributed by atoms with Gasteiger partial charge in [-0.2, -0.15) is 0 Å². The topological polar surface area (TPSA) is 71.1 Å². The van der Waals surface area contributed by atoms with Crippen molar-refractivity contribution in [3.8, 4) is 0 Å². The molecular formula is C23H25N3O2. The Hall–Kier alpha value is -2.95. The molecule has 2 aliphatic carbocycles. The molecule has 0 aliphatic heterocycles. The zero-order valence-corrected chi connectivity index (χ0v) is 16.2. The Morgan fingerprint density at radius 2 is 1.64 bits per heavy atom. The van der Waals surface area contributed by atoms with E-state index in [1.54, 1.807) is 6.20 Å². The molecule has 0 spiro atoms. The highest BCUT2D eigenvalue weighted by Gasteiger charge is 2.51. The minimum atomic E-state index is -0.335. The average Bonchev–Trinajstić information content (AvgIpc) is 3.31. The quantitative estimate of drug-likeness (QED) is 0.787. The van der Waals surface area contributed by atoms with Crippen LogP contribution in [0.25, 0.3) is 0 Å². The van der Waals surface area contributed by atoms with Crippen molar-refractivity contribution in [2.75, 3.05) is 5.32 Å². The lowest BCUT2D eigenvalue weighted by molar-refractivity contribution is -0.133. The van der Waals surface area contributed by atoms with Gasteiger partial charge in [-0.15, -0.1) is 0 Å². The third-order valence-electron chi connectivity index (χ3n) is 5.96. The molecule has 0 saturated heterocycles. The summed E-state index contributed by atoms with van der Waals surface area (Å²) in [6, 6.07) is 11.6. The van der Waals surface area contributed by atoms with E-state index in [-0.39, 0.29) is 35.5 Å². The molecule has 2 N–H and O–H groups in total. The predicted molar refractivity (Wildman–Crippen MR) is 108 cm³/mol. The van der Waals surface area contributed by atoms with Crippen molar-refractivity contribution in [1.29, 1.82) is 0 Å². The average molecular weight is 375 g/mol. The molecule has 1 saturated carbocycles. The summed E-state index contributed by atoms with van der Waals surface area (Å²) in [5.41, 5.74) is 3.73. The van der Waals surface area contributed by atoms with E-state index in [1.165, 1.54) is 0 Å². The van der Waals surface area contributed by atoms with E-state index in [4.69, 9.17) is 0 Å². The van der Waals surface area contributed by atoms with Gasteiger partial charge in [0.1, 0.15) is 0 Å². The van der Waals surface area contributed by atoms with Crippen LogP contribution in [-0.4, -0.2) is 16.8 Å². The molecule has 1 aromatic carbocycles. The van der Waals surface area contributed by atoms with Gasteiger partial charge in [-0.1, -0.05) is 36.4 Å². The molecule has 144 valence electrons. The van der Waals surface area contributed by atoms with Gasteiger partial charge in [0, 0.05) is 11.9 Å². The Morgan fingerprint density at radius 3 is 2.29 bits per heavy atom. The molecule has 4 rings (SSSR count). The number of para-hydroxylation sites is 1. The Morgan fingerprint density at radius 1 is 0.964 bits per heavy atom. The van der Waals surface area contributed by atoms with Crippen molar-refractivity contribution in [1.82, 2.24) is 10.3 Å². The molecule has 5 heteroatoms. The number of hydrogen-bond acceptors (Lipinski definition) is 3. The maximum atomic E-state index is 13.2. The number of aryl methyl sites for hydroxylation is 2. The largest absolute Gasteiger partial charge is 0.350 e. The number of pyridine rings is 1. The number of benzene rings is 1. The smallest absolute Gasteiger partial charge is 0.228 e. The lowest BCUT2D eigenvalue weighted by Crippen LogP contribution is -2.42. The molecule has 0 radical (unpaired) electrons. The van der Waals surface area contributed by atoms with Crippen molar-refractivity contribution in [3.63, 3.8) is 0 Å². The minimum absolute atomic E-state index is 0.0627. The molecule has 2 amide bonds. The van der Waals surface area contributed by atoms with Crippen LogP contribution in [0.5, 0.6) is 0 Å². The highest BCUT2D eigenvalue weighted by Crippen LogP contribution is 2.48.